The number of hydrogen-bond donors (Lipinski definition) is 2. The Balaban J connectivity index is 1.79. The summed E-state index contributed by atoms with van der Waals surface area (Å²) in [6.45, 7) is 7.77. The number of methoxy groups -OCH3 is 1. The Morgan fingerprint density at radius 3 is 2.78 bits per heavy atom. The predicted octanol–water partition coefficient (Wildman–Crippen LogP) is 5.46. The van der Waals surface area contributed by atoms with Crippen LogP contribution in [0.2, 0.25) is 5.02 Å². The number of nitrogens with zero attached hydrogens (tertiary/aromatic N) is 3. The molecule has 4 rings (SSSR count). The third-order valence-electron chi connectivity index (χ3n) is 5.58. The van der Waals surface area contributed by atoms with Crippen molar-refractivity contribution in [2.75, 3.05) is 7.11 Å². The molecule has 0 bridgehead atoms. The number of aryl methyl sites for hydroxylation is 1. The summed E-state index contributed by atoms with van der Waals surface area (Å²) in [6.07, 6.45) is 5.58. The number of hydrogen-bond acceptors (Lipinski definition) is 4. The van der Waals surface area contributed by atoms with Crippen molar-refractivity contribution in [1.29, 1.82) is 0 Å². The SMILES string of the molecule is COc1ccc(F)c(Cl)c1C(C)c1c[nH]c2ncc(-c3cn(CC(C)(C)O)nc3C)cc12. The molecule has 0 aliphatic heterocycles. The summed E-state index contributed by atoms with van der Waals surface area (Å²) in [6, 6.07) is 4.94. The van der Waals surface area contributed by atoms with Crippen LogP contribution in [0, 0.1) is 12.7 Å². The van der Waals surface area contributed by atoms with Crippen molar-refractivity contribution in [2.45, 2.75) is 45.8 Å². The Hall–Kier alpha value is -2.90. The van der Waals surface area contributed by atoms with Crippen LogP contribution in [-0.4, -0.2) is 37.6 Å². The maximum Gasteiger partial charge on any atom is 0.142 e. The summed E-state index contributed by atoms with van der Waals surface area (Å²) >= 11 is 6.33. The summed E-state index contributed by atoms with van der Waals surface area (Å²) < 4.78 is 21.4. The van der Waals surface area contributed by atoms with E-state index in [1.54, 1.807) is 37.9 Å². The van der Waals surface area contributed by atoms with E-state index in [4.69, 9.17) is 16.3 Å². The van der Waals surface area contributed by atoms with E-state index in [1.165, 1.54) is 6.07 Å². The van der Waals surface area contributed by atoms with Crippen molar-refractivity contribution >= 4 is 22.6 Å². The number of fused-ring (bicyclic) bond motifs is 1. The molecule has 4 aromatic rings. The van der Waals surface area contributed by atoms with Crippen molar-refractivity contribution in [3.8, 4) is 16.9 Å². The van der Waals surface area contributed by atoms with Crippen LogP contribution in [0.15, 0.2) is 36.8 Å². The fourth-order valence-electron chi connectivity index (χ4n) is 4.09. The third kappa shape index (κ3) is 4.10. The maximum atomic E-state index is 14.2. The van der Waals surface area contributed by atoms with E-state index >= 15 is 0 Å². The second kappa shape index (κ2) is 8.22. The van der Waals surface area contributed by atoms with Gasteiger partial charge in [-0.3, -0.25) is 4.68 Å². The zero-order chi connectivity index (χ0) is 23.2. The quantitative estimate of drug-likeness (QED) is 0.404. The average Bonchev–Trinajstić information content (AvgIpc) is 3.30. The molecule has 0 radical (unpaired) electrons. The molecule has 3 aromatic heterocycles. The summed E-state index contributed by atoms with van der Waals surface area (Å²) in [5.74, 6) is -0.188. The number of aromatic amines is 1. The van der Waals surface area contributed by atoms with Crippen LogP contribution in [0.25, 0.3) is 22.2 Å². The highest BCUT2D eigenvalue weighted by molar-refractivity contribution is 6.31. The molecule has 2 N–H and O–H groups in total. The summed E-state index contributed by atoms with van der Waals surface area (Å²) in [4.78, 5) is 7.78. The molecule has 1 unspecified atom stereocenters. The summed E-state index contributed by atoms with van der Waals surface area (Å²) in [5, 5.41) is 15.6. The lowest BCUT2D eigenvalue weighted by Gasteiger charge is -2.17. The van der Waals surface area contributed by atoms with Gasteiger partial charge in [0.15, 0.2) is 0 Å². The van der Waals surface area contributed by atoms with Crippen LogP contribution in [0.1, 0.15) is 43.5 Å². The Bertz CT molecular complexity index is 1290. The topological polar surface area (TPSA) is 76.0 Å². The van der Waals surface area contributed by atoms with Crippen LogP contribution < -0.4 is 4.74 Å². The number of nitrogens with one attached hydrogen (secondary N) is 1. The van der Waals surface area contributed by atoms with Gasteiger partial charge < -0.3 is 14.8 Å². The molecule has 6 nitrogen and oxygen atoms in total. The van der Waals surface area contributed by atoms with Gasteiger partial charge >= 0.3 is 0 Å². The molecule has 0 spiro atoms. The Labute approximate surface area is 191 Å². The standard InChI is InChI=1S/C24H26ClFN4O2/c1-13(21-20(32-5)7-6-19(26)22(21)25)17-10-28-23-16(17)8-15(9-27-23)18-11-30(29-14(18)2)12-24(3,4)31/h6-11,13,31H,12H2,1-5H3,(H,27,28). The van der Waals surface area contributed by atoms with E-state index in [2.05, 4.69) is 15.1 Å². The van der Waals surface area contributed by atoms with Crippen LogP contribution in [-0.2, 0) is 6.54 Å². The van der Waals surface area contributed by atoms with E-state index in [0.717, 1.165) is 33.4 Å². The molecule has 3 heterocycles. The fourth-order valence-corrected chi connectivity index (χ4v) is 4.41. The number of rotatable bonds is 6. The highest BCUT2D eigenvalue weighted by atomic mass is 35.5. The zero-order valence-corrected chi connectivity index (χ0v) is 19.5. The Morgan fingerprint density at radius 1 is 1.34 bits per heavy atom. The molecule has 0 saturated heterocycles. The van der Waals surface area contributed by atoms with Gasteiger partial charge in [0.1, 0.15) is 17.2 Å². The predicted molar refractivity (Wildman–Crippen MR) is 124 cm³/mol. The number of ether oxygens (including phenoxy) is 1. The largest absolute Gasteiger partial charge is 0.496 e. The maximum absolute atomic E-state index is 14.2. The fraction of sp³-hybridized carbons (Fsp3) is 0.333. The van der Waals surface area contributed by atoms with Crippen LogP contribution in [0.5, 0.6) is 5.75 Å². The van der Waals surface area contributed by atoms with Gasteiger partial charge in [-0.15, -0.1) is 0 Å². The van der Waals surface area contributed by atoms with E-state index in [-0.39, 0.29) is 10.9 Å². The van der Waals surface area contributed by atoms with Gasteiger partial charge in [-0.2, -0.15) is 5.10 Å². The lowest BCUT2D eigenvalue weighted by atomic mass is 9.91. The van der Waals surface area contributed by atoms with E-state index < -0.39 is 11.4 Å². The molecule has 0 aliphatic rings. The normalized spacial score (nSPS) is 13.0. The first-order valence-electron chi connectivity index (χ1n) is 10.3. The average molecular weight is 457 g/mol. The summed E-state index contributed by atoms with van der Waals surface area (Å²) in [5.41, 5.74) is 4.06. The van der Waals surface area contributed by atoms with Crippen molar-refractivity contribution in [3.63, 3.8) is 0 Å². The van der Waals surface area contributed by atoms with Crippen molar-refractivity contribution < 1.29 is 14.2 Å². The Morgan fingerprint density at radius 2 is 2.09 bits per heavy atom. The van der Waals surface area contributed by atoms with E-state index in [0.29, 0.717) is 17.9 Å². The molecule has 1 aromatic carbocycles. The molecule has 0 aliphatic carbocycles. The smallest absolute Gasteiger partial charge is 0.142 e. The second-order valence-electron chi connectivity index (χ2n) is 8.70. The highest BCUT2D eigenvalue weighted by Crippen LogP contribution is 2.41. The van der Waals surface area contributed by atoms with Crippen molar-refractivity contribution in [2.24, 2.45) is 0 Å². The van der Waals surface area contributed by atoms with Gasteiger partial charge in [-0.1, -0.05) is 18.5 Å². The molecule has 1 atom stereocenters. The monoisotopic (exact) mass is 456 g/mol. The molecule has 0 amide bonds. The minimum Gasteiger partial charge on any atom is -0.496 e. The first kappa shape index (κ1) is 22.3. The molecular weight excluding hydrogens is 431 g/mol. The van der Waals surface area contributed by atoms with Crippen LogP contribution in [0.3, 0.4) is 0 Å². The van der Waals surface area contributed by atoms with Crippen molar-refractivity contribution in [3.05, 3.63) is 64.5 Å². The number of aliphatic hydroxyl groups is 1. The number of benzene rings is 1. The van der Waals surface area contributed by atoms with Crippen molar-refractivity contribution in [1.82, 2.24) is 19.7 Å². The number of aromatic nitrogens is 4. The van der Waals surface area contributed by atoms with Crippen LogP contribution >= 0.6 is 11.6 Å². The van der Waals surface area contributed by atoms with Gasteiger partial charge in [0.25, 0.3) is 0 Å². The molecule has 0 fully saturated rings. The number of pyridine rings is 1. The van der Waals surface area contributed by atoms with E-state index in [1.807, 2.05) is 32.3 Å². The van der Waals surface area contributed by atoms with Gasteiger partial charge in [0.05, 0.1) is 30.0 Å². The van der Waals surface area contributed by atoms with E-state index in [9.17, 15) is 9.50 Å². The third-order valence-corrected chi connectivity index (χ3v) is 5.97. The molecular formula is C24H26ClFN4O2. The first-order chi connectivity index (χ1) is 15.1. The minimum absolute atomic E-state index is 0.0547. The highest BCUT2D eigenvalue weighted by Gasteiger charge is 2.23. The lowest BCUT2D eigenvalue weighted by Crippen LogP contribution is -2.26. The first-order valence-corrected chi connectivity index (χ1v) is 10.7. The molecule has 168 valence electrons. The lowest BCUT2D eigenvalue weighted by molar-refractivity contribution is 0.0577. The second-order valence-corrected chi connectivity index (χ2v) is 9.08. The molecule has 8 heteroatoms. The summed E-state index contributed by atoms with van der Waals surface area (Å²) in [7, 11) is 1.54. The number of H-pyrrole nitrogens is 1. The molecule has 0 saturated carbocycles. The van der Waals surface area contributed by atoms with Gasteiger partial charge in [-0.25, -0.2) is 9.37 Å². The van der Waals surface area contributed by atoms with Gasteiger partial charge in [0.2, 0.25) is 0 Å². The minimum atomic E-state index is -0.871. The van der Waals surface area contributed by atoms with Gasteiger partial charge in [-0.05, 0) is 44.5 Å². The zero-order valence-electron chi connectivity index (χ0n) is 18.7. The number of halogens is 2. The van der Waals surface area contributed by atoms with Crippen LogP contribution in [0.4, 0.5) is 4.39 Å². The van der Waals surface area contributed by atoms with Gasteiger partial charge in [0, 0.05) is 46.6 Å². The Kier molecular flexibility index (Phi) is 5.73. The molecule has 32 heavy (non-hydrogen) atoms.